The summed E-state index contributed by atoms with van der Waals surface area (Å²) in [5, 5.41) is 5.70. The molecule has 2 amide bonds. The topological polar surface area (TPSA) is 92.3 Å². The number of hydrogen-bond donors (Lipinski definition) is 2. The van der Waals surface area contributed by atoms with Crippen LogP contribution in [-0.4, -0.2) is 23.4 Å². The molecule has 0 atom stereocenters. The van der Waals surface area contributed by atoms with E-state index in [1.807, 2.05) is 39.8 Å². The van der Waals surface area contributed by atoms with Gasteiger partial charge in [-0.15, -0.1) is 0 Å². The zero-order valence-electron chi connectivity index (χ0n) is 25.1. The van der Waals surface area contributed by atoms with Gasteiger partial charge >= 0.3 is 0 Å². The lowest BCUT2D eigenvalue weighted by atomic mass is 10.0. The predicted octanol–water partition coefficient (Wildman–Crippen LogP) is 8.19. The van der Waals surface area contributed by atoms with Crippen LogP contribution in [0.1, 0.15) is 108 Å². The van der Waals surface area contributed by atoms with Crippen LogP contribution in [0.4, 0.5) is 11.4 Å². The number of hydrogen-bond acceptors (Lipinski definition) is 4. The Bertz CT molecular complexity index is 1090. The number of carbonyl (C=O) groups excluding carboxylic acids is 4. The van der Waals surface area contributed by atoms with E-state index >= 15 is 0 Å². The van der Waals surface area contributed by atoms with Crippen molar-refractivity contribution in [3.8, 4) is 0 Å². The first-order valence-corrected chi connectivity index (χ1v) is 14.2. The Labute approximate surface area is 235 Å². The largest absolute Gasteiger partial charge is 0.326 e. The molecule has 6 heteroatoms. The van der Waals surface area contributed by atoms with Crippen molar-refractivity contribution in [2.24, 2.45) is 23.7 Å². The van der Waals surface area contributed by atoms with Crippen molar-refractivity contribution in [2.75, 3.05) is 10.6 Å². The monoisotopic (exact) mass is 536 g/mol. The third kappa shape index (κ3) is 13.9. The molecule has 0 saturated carbocycles. The molecule has 0 heterocycles. The second-order valence-electron chi connectivity index (χ2n) is 11.5. The number of amides is 2. The number of anilines is 2. The van der Waals surface area contributed by atoms with Crippen LogP contribution in [0.3, 0.4) is 0 Å². The first-order valence-electron chi connectivity index (χ1n) is 14.2. The summed E-state index contributed by atoms with van der Waals surface area (Å²) in [5.74, 6) is 1.27. The molecule has 2 aromatic rings. The number of rotatable bonds is 13. The summed E-state index contributed by atoms with van der Waals surface area (Å²) in [6.07, 6.45) is 3.87. The summed E-state index contributed by atoms with van der Waals surface area (Å²) in [6.45, 7) is 16.0. The van der Waals surface area contributed by atoms with Crippen molar-refractivity contribution in [1.29, 1.82) is 0 Å². The molecule has 0 aromatic heterocycles. The SMILES string of the molecule is CC(C)CCC(=O)Nc1cccc(C(=O)C(C)C)c1.CC(C)CCCC(=O)Nc1cccc(C(=O)C(C)C)c1. The van der Waals surface area contributed by atoms with Crippen molar-refractivity contribution in [3.63, 3.8) is 0 Å². The maximum absolute atomic E-state index is 11.9. The highest BCUT2D eigenvalue weighted by atomic mass is 16.2. The molecule has 214 valence electrons. The Morgan fingerprint density at radius 3 is 1.38 bits per heavy atom. The smallest absolute Gasteiger partial charge is 0.224 e. The van der Waals surface area contributed by atoms with Gasteiger partial charge in [-0.1, -0.05) is 86.1 Å². The summed E-state index contributed by atoms with van der Waals surface area (Å²) in [7, 11) is 0. The highest BCUT2D eigenvalue weighted by Crippen LogP contribution is 2.17. The molecule has 0 bridgehead atoms. The summed E-state index contributed by atoms with van der Waals surface area (Å²) in [6, 6.07) is 14.3. The molecule has 0 unspecified atom stereocenters. The molecule has 0 aliphatic heterocycles. The molecular weight excluding hydrogens is 488 g/mol. The van der Waals surface area contributed by atoms with Crippen molar-refractivity contribution in [3.05, 3.63) is 59.7 Å². The first kappa shape index (κ1) is 33.7. The Morgan fingerprint density at radius 2 is 1.00 bits per heavy atom. The van der Waals surface area contributed by atoms with E-state index in [-0.39, 0.29) is 35.2 Å². The maximum Gasteiger partial charge on any atom is 0.224 e. The predicted molar refractivity (Wildman–Crippen MR) is 161 cm³/mol. The lowest BCUT2D eigenvalue weighted by molar-refractivity contribution is -0.117. The highest BCUT2D eigenvalue weighted by molar-refractivity contribution is 6.00. The number of ketones is 2. The first-order chi connectivity index (χ1) is 18.3. The van der Waals surface area contributed by atoms with E-state index in [0.29, 0.717) is 47.2 Å². The molecule has 2 N–H and O–H groups in total. The minimum absolute atomic E-state index is 0.00264. The third-order valence-electron chi connectivity index (χ3n) is 6.04. The number of carbonyl (C=O) groups is 4. The summed E-state index contributed by atoms with van der Waals surface area (Å²) < 4.78 is 0. The summed E-state index contributed by atoms with van der Waals surface area (Å²) in [4.78, 5) is 47.4. The van der Waals surface area contributed by atoms with Crippen LogP contribution in [-0.2, 0) is 9.59 Å². The Morgan fingerprint density at radius 1 is 0.590 bits per heavy atom. The van der Waals surface area contributed by atoms with Crippen LogP contribution in [0.2, 0.25) is 0 Å². The zero-order chi connectivity index (χ0) is 29.5. The standard InChI is InChI=1S/C17H25NO2.C16H23NO2/c1-12(2)7-5-10-16(19)18-15-9-6-8-14(11-15)17(20)13(3)4;1-11(2)8-9-15(18)17-14-7-5-6-13(10-14)16(19)12(3)4/h6,8-9,11-13H,5,7,10H2,1-4H3,(H,18,19);5-7,10-12H,8-9H2,1-4H3,(H,17,18). The van der Waals surface area contributed by atoms with Crippen LogP contribution < -0.4 is 10.6 Å². The van der Waals surface area contributed by atoms with Crippen LogP contribution in [0.5, 0.6) is 0 Å². The molecule has 0 spiro atoms. The highest BCUT2D eigenvalue weighted by Gasteiger charge is 2.13. The van der Waals surface area contributed by atoms with Gasteiger partial charge in [0.15, 0.2) is 11.6 Å². The summed E-state index contributed by atoms with van der Waals surface area (Å²) in [5.41, 5.74) is 2.70. The van der Waals surface area contributed by atoms with E-state index in [4.69, 9.17) is 0 Å². The Hall–Kier alpha value is -3.28. The quantitative estimate of drug-likeness (QED) is 0.252. The fourth-order valence-corrected chi connectivity index (χ4v) is 3.70. The van der Waals surface area contributed by atoms with Gasteiger partial charge in [0.1, 0.15) is 0 Å². The molecule has 6 nitrogen and oxygen atoms in total. The van der Waals surface area contributed by atoms with Gasteiger partial charge in [0.25, 0.3) is 0 Å². The molecule has 39 heavy (non-hydrogen) atoms. The van der Waals surface area contributed by atoms with Gasteiger partial charge in [-0.3, -0.25) is 19.2 Å². The van der Waals surface area contributed by atoms with Gasteiger partial charge in [-0.25, -0.2) is 0 Å². The van der Waals surface area contributed by atoms with E-state index in [1.54, 1.807) is 36.4 Å². The van der Waals surface area contributed by atoms with Gasteiger partial charge in [0, 0.05) is 47.2 Å². The second kappa shape index (κ2) is 17.3. The van der Waals surface area contributed by atoms with Gasteiger partial charge in [0.2, 0.25) is 11.8 Å². The lowest BCUT2D eigenvalue weighted by Gasteiger charge is -2.09. The van der Waals surface area contributed by atoms with Crippen LogP contribution in [0.15, 0.2) is 48.5 Å². The van der Waals surface area contributed by atoms with Gasteiger partial charge in [-0.05, 0) is 48.9 Å². The fraction of sp³-hybridized carbons (Fsp3) is 0.515. The van der Waals surface area contributed by atoms with E-state index in [0.717, 1.165) is 19.3 Å². The molecule has 0 aliphatic rings. The normalized spacial score (nSPS) is 10.9. The molecular formula is C33H48N2O4. The molecule has 2 rings (SSSR count). The summed E-state index contributed by atoms with van der Waals surface area (Å²) >= 11 is 0. The zero-order valence-corrected chi connectivity index (χ0v) is 25.1. The second-order valence-corrected chi connectivity index (χ2v) is 11.5. The van der Waals surface area contributed by atoms with Crippen molar-refractivity contribution < 1.29 is 19.2 Å². The van der Waals surface area contributed by atoms with Crippen molar-refractivity contribution in [2.45, 2.75) is 87.5 Å². The van der Waals surface area contributed by atoms with E-state index in [9.17, 15) is 19.2 Å². The number of benzene rings is 2. The van der Waals surface area contributed by atoms with E-state index in [2.05, 4.69) is 38.3 Å². The number of Topliss-reactive ketones (excluding diaryl/α,β-unsaturated/α-hetero) is 2. The molecule has 0 aliphatic carbocycles. The lowest BCUT2D eigenvalue weighted by Crippen LogP contribution is -2.13. The maximum atomic E-state index is 11.9. The molecule has 0 fully saturated rings. The average molecular weight is 537 g/mol. The van der Waals surface area contributed by atoms with Gasteiger partial charge < -0.3 is 10.6 Å². The Kier molecular flexibility index (Phi) is 15.0. The van der Waals surface area contributed by atoms with Crippen LogP contribution >= 0.6 is 0 Å². The average Bonchev–Trinajstić information content (AvgIpc) is 2.87. The Balaban J connectivity index is 0.000000391. The van der Waals surface area contributed by atoms with Crippen LogP contribution in [0, 0.1) is 23.7 Å². The van der Waals surface area contributed by atoms with Gasteiger partial charge in [-0.2, -0.15) is 0 Å². The van der Waals surface area contributed by atoms with E-state index in [1.165, 1.54) is 0 Å². The minimum Gasteiger partial charge on any atom is -0.326 e. The molecule has 0 radical (unpaired) electrons. The third-order valence-corrected chi connectivity index (χ3v) is 6.04. The number of nitrogens with one attached hydrogen (secondary N) is 2. The molecule has 2 aromatic carbocycles. The minimum atomic E-state index is -0.0353. The van der Waals surface area contributed by atoms with E-state index < -0.39 is 0 Å². The van der Waals surface area contributed by atoms with Crippen LogP contribution in [0.25, 0.3) is 0 Å². The fourth-order valence-electron chi connectivity index (χ4n) is 3.70. The van der Waals surface area contributed by atoms with Gasteiger partial charge in [0.05, 0.1) is 0 Å². The van der Waals surface area contributed by atoms with Crippen molar-refractivity contribution >= 4 is 34.8 Å². The molecule has 0 saturated heterocycles. The van der Waals surface area contributed by atoms with Crippen molar-refractivity contribution in [1.82, 2.24) is 0 Å².